The number of thioether (sulfide) groups is 1. The van der Waals surface area contributed by atoms with E-state index in [-0.39, 0.29) is 22.8 Å². The Labute approximate surface area is 242 Å². The third-order valence-corrected chi connectivity index (χ3v) is 8.73. The average Bonchev–Trinajstić information content (AvgIpc) is 3.23. The molecule has 10 heteroatoms. The second-order valence-electron chi connectivity index (χ2n) is 9.71. The van der Waals surface area contributed by atoms with Gasteiger partial charge in [-0.05, 0) is 42.7 Å². The minimum atomic E-state index is -0.390. The number of benzene rings is 2. The van der Waals surface area contributed by atoms with E-state index in [1.165, 1.54) is 22.4 Å². The Hall–Kier alpha value is -3.94. The molecule has 0 atom stereocenters. The van der Waals surface area contributed by atoms with Gasteiger partial charge in [0.25, 0.3) is 11.5 Å². The lowest BCUT2D eigenvalue weighted by molar-refractivity contribution is -0.122. The summed E-state index contributed by atoms with van der Waals surface area (Å²) in [4.78, 5) is 32.7. The Bertz CT molecular complexity index is 1600. The van der Waals surface area contributed by atoms with E-state index in [0.29, 0.717) is 71.0 Å². The Morgan fingerprint density at radius 1 is 1.02 bits per heavy atom. The molecular formula is C30H28FN5O2S2. The summed E-state index contributed by atoms with van der Waals surface area (Å²) in [7, 11) is 1.64. The molecule has 0 radical (unpaired) electrons. The number of nitrogens with zero attached hydrogens (tertiary/aromatic N) is 5. The van der Waals surface area contributed by atoms with Crippen molar-refractivity contribution >= 4 is 51.8 Å². The number of hydrogen-bond donors (Lipinski definition) is 0. The third kappa shape index (κ3) is 5.27. The highest BCUT2D eigenvalue weighted by Crippen LogP contribution is 2.36. The van der Waals surface area contributed by atoms with Crippen LogP contribution in [0.3, 0.4) is 0 Å². The molecule has 204 valence electrons. The van der Waals surface area contributed by atoms with Gasteiger partial charge < -0.3 is 9.80 Å². The second kappa shape index (κ2) is 11.7. The van der Waals surface area contributed by atoms with Crippen LogP contribution in [0.25, 0.3) is 6.08 Å². The van der Waals surface area contributed by atoms with Crippen molar-refractivity contribution in [2.45, 2.75) is 13.3 Å². The first-order valence-electron chi connectivity index (χ1n) is 13.0. The topological polar surface area (TPSA) is 72.6 Å². The summed E-state index contributed by atoms with van der Waals surface area (Å²) >= 11 is 6.78. The first-order valence-corrected chi connectivity index (χ1v) is 14.2. The first-order chi connectivity index (χ1) is 19.3. The van der Waals surface area contributed by atoms with Gasteiger partial charge in [-0.25, -0.2) is 4.39 Å². The van der Waals surface area contributed by atoms with Crippen LogP contribution in [0.15, 0.2) is 64.3 Å². The molecule has 0 N–H and O–H groups in total. The van der Waals surface area contributed by atoms with E-state index in [0.717, 1.165) is 5.56 Å². The Morgan fingerprint density at radius 3 is 2.35 bits per heavy atom. The monoisotopic (exact) mass is 573 g/mol. The van der Waals surface area contributed by atoms with Crippen LogP contribution >= 0.6 is 24.0 Å². The average molecular weight is 574 g/mol. The molecule has 40 heavy (non-hydrogen) atoms. The molecule has 5 rings (SSSR count). The number of carbonyl (C=O) groups is 1. The predicted octanol–water partition coefficient (Wildman–Crippen LogP) is 4.48. The number of amides is 1. The van der Waals surface area contributed by atoms with Crippen LogP contribution in [0, 0.1) is 24.1 Å². The molecule has 7 nitrogen and oxygen atoms in total. The number of anilines is 2. The van der Waals surface area contributed by atoms with E-state index >= 15 is 0 Å². The number of thiocarbonyl (C=S) groups is 1. The van der Waals surface area contributed by atoms with Crippen LogP contribution in [0.5, 0.6) is 0 Å². The van der Waals surface area contributed by atoms with Gasteiger partial charge >= 0.3 is 0 Å². The minimum Gasteiger partial charge on any atom is -0.366 e. The summed E-state index contributed by atoms with van der Waals surface area (Å²) in [5, 5.41) is 9.77. The molecule has 1 amide bonds. The third-order valence-electron chi connectivity index (χ3n) is 7.36. The van der Waals surface area contributed by atoms with Crippen molar-refractivity contribution in [3.8, 4) is 6.07 Å². The molecule has 2 fully saturated rings. The molecule has 3 heterocycles. The molecule has 0 spiro atoms. The molecule has 0 saturated carbocycles. The van der Waals surface area contributed by atoms with Gasteiger partial charge in [0.1, 0.15) is 27.6 Å². The number of aromatic nitrogens is 1. The summed E-state index contributed by atoms with van der Waals surface area (Å²) in [6, 6.07) is 18.6. The lowest BCUT2D eigenvalue weighted by Gasteiger charge is -2.38. The zero-order chi connectivity index (χ0) is 28.4. The Morgan fingerprint density at radius 2 is 1.68 bits per heavy atom. The van der Waals surface area contributed by atoms with Crippen LogP contribution < -0.4 is 15.4 Å². The Balaban J connectivity index is 1.46. The van der Waals surface area contributed by atoms with Gasteiger partial charge in [-0.3, -0.25) is 19.1 Å². The number of pyridine rings is 1. The van der Waals surface area contributed by atoms with Crippen molar-refractivity contribution in [2.24, 2.45) is 7.05 Å². The van der Waals surface area contributed by atoms with E-state index < -0.39 is 0 Å². The zero-order valence-electron chi connectivity index (χ0n) is 22.3. The lowest BCUT2D eigenvalue weighted by atomic mass is 10.0. The molecule has 3 aromatic rings. The summed E-state index contributed by atoms with van der Waals surface area (Å²) in [5.41, 5.74) is 2.48. The largest absolute Gasteiger partial charge is 0.366 e. The van der Waals surface area contributed by atoms with E-state index in [1.807, 2.05) is 47.4 Å². The molecule has 0 aliphatic carbocycles. The quantitative estimate of drug-likeness (QED) is 0.318. The molecular weight excluding hydrogens is 545 g/mol. The highest BCUT2D eigenvalue weighted by molar-refractivity contribution is 8.26. The fourth-order valence-electron chi connectivity index (χ4n) is 5.17. The van der Waals surface area contributed by atoms with Crippen molar-refractivity contribution in [1.29, 1.82) is 5.26 Å². The van der Waals surface area contributed by atoms with Gasteiger partial charge in [0, 0.05) is 45.3 Å². The van der Waals surface area contributed by atoms with Gasteiger partial charge in [0.2, 0.25) is 0 Å². The van der Waals surface area contributed by atoms with Crippen molar-refractivity contribution < 1.29 is 9.18 Å². The molecule has 2 saturated heterocycles. The number of nitriles is 1. The normalized spacial score (nSPS) is 16.6. The summed E-state index contributed by atoms with van der Waals surface area (Å²) in [5.74, 6) is 0.171. The van der Waals surface area contributed by atoms with Crippen molar-refractivity contribution in [3.05, 3.63) is 97.9 Å². The van der Waals surface area contributed by atoms with Crippen molar-refractivity contribution in [2.75, 3.05) is 42.5 Å². The van der Waals surface area contributed by atoms with Crippen molar-refractivity contribution in [3.63, 3.8) is 0 Å². The van der Waals surface area contributed by atoms with Gasteiger partial charge in [0.15, 0.2) is 0 Å². The lowest BCUT2D eigenvalue weighted by Crippen LogP contribution is -2.48. The number of carbonyl (C=O) groups excluding carboxylic acids is 1. The van der Waals surface area contributed by atoms with Gasteiger partial charge in [-0.1, -0.05) is 66.4 Å². The van der Waals surface area contributed by atoms with E-state index in [1.54, 1.807) is 37.1 Å². The molecule has 2 aromatic carbocycles. The van der Waals surface area contributed by atoms with Gasteiger partial charge in [-0.2, -0.15) is 5.26 Å². The van der Waals surface area contributed by atoms with Crippen molar-refractivity contribution in [1.82, 2.24) is 9.47 Å². The molecule has 2 aliphatic rings. The highest BCUT2D eigenvalue weighted by Gasteiger charge is 2.33. The number of hydrogen-bond acceptors (Lipinski definition) is 7. The van der Waals surface area contributed by atoms with E-state index in [9.17, 15) is 19.2 Å². The number of halogens is 1. The second-order valence-corrected chi connectivity index (χ2v) is 11.4. The van der Waals surface area contributed by atoms with Gasteiger partial charge in [-0.15, -0.1) is 0 Å². The minimum absolute atomic E-state index is 0.0436. The molecule has 0 bridgehead atoms. The Kier molecular flexibility index (Phi) is 8.05. The number of para-hydroxylation sites is 1. The number of rotatable bonds is 6. The molecule has 0 unspecified atom stereocenters. The van der Waals surface area contributed by atoms with Gasteiger partial charge in [0.05, 0.1) is 10.6 Å². The maximum atomic E-state index is 14.4. The fraction of sp³-hybridized carbons (Fsp3) is 0.267. The SMILES string of the molecule is Cc1c(C=C2SC(=S)N(CCc3ccccc3)C2=O)c(N2CCN(c3ccccc3F)CC2)n(C)c(=O)c1C#N. The van der Waals surface area contributed by atoms with Crippen LogP contribution in [0.2, 0.25) is 0 Å². The van der Waals surface area contributed by atoms with Crippen LogP contribution in [-0.4, -0.2) is 52.4 Å². The van der Waals surface area contributed by atoms with E-state index in [2.05, 4.69) is 4.90 Å². The maximum absolute atomic E-state index is 14.4. The maximum Gasteiger partial charge on any atom is 0.270 e. The van der Waals surface area contributed by atoms with E-state index in [4.69, 9.17) is 12.2 Å². The standard InChI is InChI=1S/C30H28FN5O2S2/c1-20-22(18-26-29(38)36(30(39)40-26)13-12-21-8-4-3-5-9-21)27(33(2)28(37)23(20)19-32)35-16-14-34(15-17-35)25-11-7-6-10-24(25)31/h3-11,18H,12-17H2,1-2H3. The molecule has 1 aromatic heterocycles. The summed E-state index contributed by atoms with van der Waals surface area (Å²) in [6.07, 6.45) is 2.44. The molecule has 2 aliphatic heterocycles. The highest BCUT2D eigenvalue weighted by atomic mass is 32.2. The summed E-state index contributed by atoms with van der Waals surface area (Å²) < 4.78 is 16.4. The van der Waals surface area contributed by atoms with Crippen LogP contribution in [-0.2, 0) is 18.3 Å². The fourth-order valence-corrected chi connectivity index (χ4v) is 6.46. The predicted molar refractivity (Wildman–Crippen MR) is 162 cm³/mol. The van der Waals surface area contributed by atoms with Crippen LogP contribution in [0.1, 0.15) is 22.3 Å². The summed E-state index contributed by atoms with van der Waals surface area (Å²) in [6.45, 7) is 4.37. The smallest absolute Gasteiger partial charge is 0.270 e. The zero-order valence-corrected chi connectivity index (χ0v) is 23.9. The number of piperazine rings is 1. The first kappa shape index (κ1) is 27.6. The van der Waals surface area contributed by atoms with Crippen LogP contribution in [0.4, 0.5) is 15.9 Å².